The maximum absolute atomic E-state index is 12.1. The second kappa shape index (κ2) is 19.6. The second-order valence-electron chi connectivity index (χ2n) is 15.1. The normalized spacial score (nSPS) is 30.4. The molecule has 264 valence electrons. The van der Waals surface area contributed by atoms with Crippen LogP contribution in [-0.4, -0.2) is 47.7 Å². The van der Waals surface area contributed by atoms with E-state index in [-0.39, 0.29) is 17.3 Å². The number of carbonyl (C=O) groups is 1. The van der Waals surface area contributed by atoms with Crippen molar-refractivity contribution in [2.45, 2.75) is 201 Å². The van der Waals surface area contributed by atoms with Gasteiger partial charge in [0.2, 0.25) is 0 Å². The number of nitrogens with zero attached hydrogens (tertiary/aromatic N) is 1. The lowest BCUT2D eigenvalue weighted by Gasteiger charge is -2.63. The van der Waals surface area contributed by atoms with Crippen molar-refractivity contribution in [1.29, 1.82) is 0 Å². The zero-order valence-corrected chi connectivity index (χ0v) is 31.0. The Labute approximate surface area is 278 Å². The Morgan fingerprint density at radius 3 is 1.69 bits per heavy atom. The molecular weight excluding hydrogens is 562 g/mol. The molecule has 2 aliphatic heterocycles. The number of hydrogen-bond acceptors (Lipinski definition) is 6. The van der Waals surface area contributed by atoms with E-state index in [1.54, 1.807) is 0 Å². The van der Waals surface area contributed by atoms with Crippen LogP contribution in [0, 0.1) is 11.3 Å². The SMILES string of the molecule is C=C(CCCCCCCCCCCCCCCCC)OCC1(CC)COC2(CC(C)(CC)N(OC(C)=O)C(C)(CC)C2C)OC1. The third-order valence-electron chi connectivity index (χ3n) is 11.5. The van der Waals surface area contributed by atoms with Gasteiger partial charge in [-0.25, -0.2) is 0 Å². The lowest BCUT2D eigenvalue weighted by atomic mass is 9.66. The van der Waals surface area contributed by atoms with Gasteiger partial charge >= 0.3 is 5.97 Å². The zero-order chi connectivity index (χ0) is 33.4. The fourth-order valence-corrected chi connectivity index (χ4v) is 7.48. The topological polar surface area (TPSA) is 57.2 Å². The molecule has 0 saturated carbocycles. The third kappa shape index (κ3) is 11.5. The molecule has 0 aromatic rings. The van der Waals surface area contributed by atoms with E-state index in [2.05, 4.69) is 55.0 Å². The van der Waals surface area contributed by atoms with Crippen molar-refractivity contribution < 1.29 is 23.8 Å². The molecule has 2 saturated heterocycles. The number of hydrogen-bond donors (Lipinski definition) is 0. The number of hydroxylamine groups is 2. The summed E-state index contributed by atoms with van der Waals surface area (Å²) in [5.41, 5.74) is -1.01. The summed E-state index contributed by atoms with van der Waals surface area (Å²) in [6, 6.07) is 0. The van der Waals surface area contributed by atoms with Crippen molar-refractivity contribution in [3.05, 3.63) is 12.3 Å². The maximum atomic E-state index is 12.1. The van der Waals surface area contributed by atoms with E-state index in [9.17, 15) is 4.79 Å². The standard InChI is InChI=1S/C39H73NO5/c1-10-14-15-16-17-18-19-20-21-22-23-24-25-26-27-28-33(5)42-30-38(13-4)31-43-39(44-32-38)29-36(8,11-2)40(45-35(7)41)37(9,12-3)34(39)6/h34H,5,10-32H2,1-4,6-9H3. The van der Waals surface area contributed by atoms with E-state index in [1.165, 1.54) is 96.8 Å². The lowest BCUT2D eigenvalue weighted by molar-refractivity contribution is -0.403. The van der Waals surface area contributed by atoms with Crippen LogP contribution in [0.25, 0.3) is 0 Å². The summed E-state index contributed by atoms with van der Waals surface area (Å²) < 4.78 is 19.9. The molecule has 2 aliphatic rings. The Hall–Kier alpha value is -1.11. The molecule has 0 radical (unpaired) electrons. The average Bonchev–Trinajstić information content (AvgIpc) is 3.04. The van der Waals surface area contributed by atoms with Gasteiger partial charge in [-0.05, 0) is 39.5 Å². The highest BCUT2D eigenvalue weighted by molar-refractivity contribution is 5.65. The van der Waals surface area contributed by atoms with Crippen LogP contribution in [0.1, 0.15) is 184 Å². The molecule has 2 heterocycles. The zero-order valence-electron chi connectivity index (χ0n) is 31.0. The van der Waals surface area contributed by atoms with Gasteiger partial charge in [-0.15, -0.1) is 5.06 Å². The van der Waals surface area contributed by atoms with Gasteiger partial charge in [-0.2, -0.15) is 0 Å². The smallest absolute Gasteiger partial charge is 0.322 e. The van der Waals surface area contributed by atoms with E-state index < -0.39 is 16.9 Å². The summed E-state index contributed by atoms with van der Waals surface area (Å²) in [6.07, 6.45) is 24.7. The van der Waals surface area contributed by atoms with E-state index in [4.69, 9.17) is 19.0 Å². The van der Waals surface area contributed by atoms with E-state index >= 15 is 0 Å². The molecule has 3 unspecified atom stereocenters. The van der Waals surface area contributed by atoms with Crippen molar-refractivity contribution in [2.75, 3.05) is 19.8 Å². The summed E-state index contributed by atoms with van der Waals surface area (Å²) in [6.45, 7) is 22.8. The Balaban J connectivity index is 1.70. The summed E-state index contributed by atoms with van der Waals surface area (Å²) >= 11 is 0. The van der Waals surface area contributed by atoms with Crippen molar-refractivity contribution >= 4 is 5.97 Å². The molecule has 0 amide bonds. The number of piperidine rings is 1. The van der Waals surface area contributed by atoms with Crippen LogP contribution >= 0.6 is 0 Å². The summed E-state index contributed by atoms with van der Waals surface area (Å²) in [5, 5.41) is 1.96. The minimum Gasteiger partial charge on any atom is -0.498 e. The Kier molecular flexibility index (Phi) is 17.5. The Bertz CT molecular complexity index is 852. The first-order valence-corrected chi connectivity index (χ1v) is 19.0. The van der Waals surface area contributed by atoms with Gasteiger partial charge < -0.3 is 19.0 Å². The van der Waals surface area contributed by atoms with Crippen LogP contribution in [-0.2, 0) is 23.8 Å². The third-order valence-corrected chi connectivity index (χ3v) is 11.5. The van der Waals surface area contributed by atoms with E-state index in [0.29, 0.717) is 26.2 Å². The van der Waals surface area contributed by atoms with Gasteiger partial charge in [0.1, 0.15) is 0 Å². The molecule has 2 fully saturated rings. The highest BCUT2D eigenvalue weighted by Crippen LogP contribution is 2.54. The quantitative estimate of drug-likeness (QED) is 0.0822. The average molecular weight is 636 g/mol. The highest BCUT2D eigenvalue weighted by Gasteiger charge is 2.64. The minimum atomic E-state index is -0.726. The predicted molar refractivity (Wildman–Crippen MR) is 187 cm³/mol. The molecule has 0 aliphatic carbocycles. The summed E-state index contributed by atoms with van der Waals surface area (Å²) in [4.78, 5) is 18.0. The Morgan fingerprint density at radius 1 is 0.778 bits per heavy atom. The number of unbranched alkanes of at least 4 members (excludes halogenated alkanes) is 14. The van der Waals surface area contributed by atoms with Crippen LogP contribution in [0.5, 0.6) is 0 Å². The predicted octanol–water partition coefficient (Wildman–Crippen LogP) is 11.1. The number of ether oxygens (including phenoxy) is 3. The van der Waals surface area contributed by atoms with Crippen molar-refractivity contribution in [2.24, 2.45) is 11.3 Å². The van der Waals surface area contributed by atoms with Gasteiger partial charge in [0.15, 0.2) is 5.79 Å². The van der Waals surface area contributed by atoms with Crippen LogP contribution in [0.3, 0.4) is 0 Å². The van der Waals surface area contributed by atoms with Crippen molar-refractivity contribution in [1.82, 2.24) is 5.06 Å². The molecule has 0 aromatic heterocycles. The number of carbonyl (C=O) groups excluding carboxylic acids is 1. The van der Waals surface area contributed by atoms with Crippen LogP contribution < -0.4 is 0 Å². The molecule has 6 heteroatoms. The molecule has 1 spiro atoms. The van der Waals surface area contributed by atoms with Gasteiger partial charge in [-0.1, -0.05) is 131 Å². The molecule has 2 rings (SSSR count). The highest BCUT2D eigenvalue weighted by atomic mass is 16.7. The summed E-state index contributed by atoms with van der Waals surface area (Å²) in [5.74, 6) is -0.118. The Morgan fingerprint density at radius 2 is 1.27 bits per heavy atom. The monoisotopic (exact) mass is 636 g/mol. The maximum Gasteiger partial charge on any atom is 0.322 e. The van der Waals surface area contributed by atoms with Gasteiger partial charge in [0, 0.05) is 25.7 Å². The van der Waals surface area contributed by atoms with Crippen molar-refractivity contribution in [3.63, 3.8) is 0 Å². The first-order chi connectivity index (χ1) is 21.5. The molecule has 3 atom stereocenters. The van der Waals surface area contributed by atoms with E-state index in [0.717, 1.165) is 37.9 Å². The first kappa shape index (κ1) is 40.1. The fourth-order valence-electron chi connectivity index (χ4n) is 7.48. The molecule has 6 nitrogen and oxygen atoms in total. The molecule has 0 aromatic carbocycles. The largest absolute Gasteiger partial charge is 0.498 e. The van der Waals surface area contributed by atoms with Crippen LogP contribution in [0.4, 0.5) is 0 Å². The van der Waals surface area contributed by atoms with Crippen LogP contribution in [0.15, 0.2) is 12.3 Å². The summed E-state index contributed by atoms with van der Waals surface area (Å²) in [7, 11) is 0. The second-order valence-corrected chi connectivity index (χ2v) is 15.1. The first-order valence-electron chi connectivity index (χ1n) is 19.0. The molecule has 45 heavy (non-hydrogen) atoms. The van der Waals surface area contributed by atoms with Crippen LogP contribution in [0.2, 0.25) is 0 Å². The molecular formula is C39H73NO5. The van der Waals surface area contributed by atoms with Gasteiger partial charge in [-0.3, -0.25) is 4.79 Å². The van der Waals surface area contributed by atoms with Crippen molar-refractivity contribution in [3.8, 4) is 0 Å². The van der Waals surface area contributed by atoms with E-state index in [1.807, 2.05) is 5.06 Å². The molecule has 0 bridgehead atoms. The lowest BCUT2D eigenvalue weighted by Crippen LogP contribution is -2.74. The fraction of sp³-hybridized carbons (Fsp3) is 0.923. The number of rotatable bonds is 23. The minimum absolute atomic E-state index is 0.00446. The number of allylic oxidation sites excluding steroid dienone is 1. The van der Waals surface area contributed by atoms with Gasteiger partial charge in [0.25, 0.3) is 0 Å². The van der Waals surface area contributed by atoms with Gasteiger partial charge in [0.05, 0.1) is 42.1 Å². The molecule has 0 N–H and O–H groups in total.